The summed E-state index contributed by atoms with van der Waals surface area (Å²) in [5.74, 6) is 0. The molecule has 0 bridgehead atoms. The number of rotatable bonds is 10. The van der Waals surface area contributed by atoms with Crippen molar-refractivity contribution in [2.24, 2.45) is 9.98 Å². The van der Waals surface area contributed by atoms with Crippen LogP contribution in [-0.4, -0.2) is 11.4 Å². The SMILES string of the molecule is CC(=Nc1ccc(P(=O)(c2ccccc2)c2ccccc2)cc1)c1ccc(C(C)=Nc2ccc(P(=O)(c3ccccc3)c3ccccc3)cc2)[n-]1.[Cl][Fe+][Cl]. The van der Waals surface area contributed by atoms with Crippen LogP contribution in [0.3, 0.4) is 0 Å². The quantitative estimate of drug-likeness (QED) is 0.0784. The molecule has 0 spiro atoms. The first kappa shape index (κ1) is 39.2. The van der Waals surface area contributed by atoms with E-state index in [4.69, 9.17) is 35.2 Å². The van der Waals surface area contributed by atoms with Gasteiger partial charge < -0.3 is 14.1 Å². The second kappa shape index (κ2) is 18.2. The molecule has 6 aromatic carbocycles. The molecule has 1 aromatic heterocycles. The van der Waals surface area contributed by atoms with Crippen molar-refractivity contribution in [2.75, 3.05) is 0 Å². The Morgan fingerprint density at radius 1 is 0.426 bits per heavy atom. The normalized spacial score (nSPS) is 12.1. The number of aliphatic imine (C=N–C) groups is 2. The Labute approximate surface area is 331 Å². The number of halogens is 2. The fourth-order valence-electron chi connectivity index (χ4n) is 6.19. The molecule has 7 aromatic rings. The van der Waals surface area contributed by atoms with Crippen molar-refractivity contribution in [2.45, 2.75) is 13.8 Å². The van der Waals surface area contributed by atoms with Gasteiger partial charge in [-0.3, -0.25) is 9.98 Å². The summed E-state index contributed by atoms with van der Waals surface area (Å²) in [4.78, 5) is 14.5. The number of hydrogen-bond donors (Lipinski definition) is 0. The van der Waals surface area contributed by atoms with Crippen LogP contribution >= 0.6 is 34.5 Å². The van der Waals surface area contributed by atoms with Gasteiger partial charge in [-0.2, -0.15) is 0 Å². The first-order chi connectivity index (χ1) is 26.3. The second-order valence-corrected chi connectivity index (χ2v) is 19.6. The van der Waals surface area contributed by atoms with E-state index in [0.29, 0.717) is 0 Å². The van der Waals surface area contributed by atoms with Gasteiger partial charge in [0, 0.05) is 43.3 Å². The average Bonchev–Trinajstić information content (AvgIpc) is 3.74. The number of aromatic nitrogens is 1. The molecular weight excluding hydrogens is 791 g/mol. The molecule has 0 aliphatic heterocycles. The van der Waals surface area contributed by atoms with Crippen LogP contribution < -0.4 is 36.8 Å². The molecule has 0 N–H and O–H groups in total. The van der Waals surface area contributed by atoms with Crippen molar-refractivity contribution >= 4 is 89.1 Å². The van der Waals surface area contributed by atoms with E-state index < -0.39 is 14.3 Å². The van der Waals surface area contributed by atoms with Crippen LogP contribution in [0.5, 0.6) is 0 Å². The predicted octanol–water partition coefficient (Wildman–Crippen LogP) is 9.58. The van der Waals surface area contributed by atoms with Gasteiger partial charge in [0.15, 0.2) is 14.3 Å². The van der Waals surface area contributed by atoms with Gasteiger partial charge in [-0.1, -0.05) is 133 Å². The molecule has 0 aliphatic rings. The van der Waals surface area contributed by atoms with Crippen molar-refractivity contribution in [1.29, 1.82) is 0 Å². The van der Waals surface area contributed by atoms with Crippen LogP contribution in [0.25, 0.3) is 0 Å². The van der Waals surface area contributed by atoms with Gasteiger partial charge in [0.05, 0.1) is 11.4 Å². The molecule has 271 valence electrons. The second-order valence-electron chi connectivity index (χ2n) is 12.3. The van der Waals surface area contributed by atoms with E-state index in [1.807, 2.05) is 196 Å². The molecular formula is C44H36Cl2FeN3O2P2. The number of benzene rings is 6. The zero-order chi connectivity index (χ0) is 38.0. The predicted molar refractivity (Wildman–Crippen MR) is 227 cm³/mol. The van der Waals surface area contributed by atoms with Gasteiger partial charge in [0.1, 0.15) is 0 Å². The first-order valence-electron chi connectivity index (χ1n) is 17.0. The van der Waals surface area contributed by atoms with Crippen molar-refractivity contribution in [3.05, 3.63) is 193 Å². The van der Waals surface area contributed by atoms with Crippen molar-refractivity contribution in [3.63, 3.8) is 0 Å². The van der Waals surface area contributed by atoms with E-state index in [2.05, 4.69) is 0 Å². The van der Waals surface area contributed by atoms with Gasteiger partial charge in [-0.25, -0.2) is 0 Å². The van der Waals surface area contributed by atoms with Crippen molar-refractivity contribution in [1.82, 2.24) is 4.98 Å². The molecule has 54 heavy (non-hydrogen) atoms. The van der Waals surface area contributed by atoms with E-state index >= 15 is 0 Å². The van der Waals surface area contributed by atoms with Crippen LogP contribution in [0.4, 0.5) is 11.4 Å². The summed E-state index contributed by atoms with van der Waals surface area (Å²) in [6, 6.07) is 57.8. The maximum absolute atomic E-state index is 14.7. The van der Waals surface area contributed by atoms with E-state index in [9.17, 15) is 9.13 Å². The average molecular weight is 827 g/mol. The summed E-state index contributed by atoms with van der Waals surface area (Å²) in [5.41, 5.74) is 4.54. The van der Waals surface area contributed by atoms with Crippen LogP contribution in [-0.2, 0) is 22.3 Å². The van der Waals surface area contributed by atoms with Gasteiger partial charge in [-0.15, -0.1) is 11.4 Å². The Morgan fingerprint density at radius 3 is 0.926 bits per heavy atom. The van der Waals surface area contributed by atoms with Crippen LogP contribution in [0, 0.1) is 0 Å². The third kappa shape index (κ3) is 8.72. The Morgan fingerprint density at radius 2 is 0.667 bits per heavy atom. The fraction of sp³-hybridized carbons (Fsp3) is 0.0455. The number of hydrogen-bond acceptors (Lipinski definition) is 4. The Bertz CT molecular complexity index is 2180. The molecule has 0 aliphatic carbocycles. The topological polar surface area (TPSA) is 73.0 Å². The van der Waals surface area contributed by atoms with Gasteiger partial charge in [0.2, 0.25) is 0 Å². The summed E-state index contributed by atoms with van der Waals surface area (Å²) in [6.45, 7) is 3.86. The minimum absolute atomic E-state index is 0.194. The molecule has 0 amide bonds. The zero-order valence-electron chi connectivity index (χ0n) is 29.5. The van der Waals surface area contributed by atoms with Crippen molar-refractivity contribution < 1.29 is 22.3 Å². The molecule has 0 saturated carbocycles. The summed E-state index contributed by atoms with van der Waals surface area (Å²) < 4.78 is 29.4. The van der Waals surface area contributed by atoms with Crippen molar-refractivity contribution in [3.8, 4) is 0 Å². The van der Waals surface area contributed by atoms with E-state index in [0.717, 1.165) is 66.0 Å². The zero-order valence-corrected chi connectivity index (χ0v) is 33.9. The molecule has 5 nitrogen and oxygen atoms in total. The molecule has 10 heteroatoms. The Hall–Kier alpha value is -4.50. The first-order valence-corrected chi connectivity index (χ1v) is 23.5. The maximum atomic E-state index is 14.7. The summed E-state index contributed by atoms with van der Waals surface area (Å²) >= 11 is 0.194. The third-order valence-electron chi connectivity index (χ3n) is 8.88. The van der Waals surface area contributed by atoms with Crippen LogP contribution in [0.2, 0.25) is 0 Å². The Kier molecular flexibility index (Phi) is 13.2. The monoisotopic (exact) mass is 826 g/mol. The minimum atomic E-state index is -3.05. The Balaban J connectivity index is 0.00000160. The van der Waals surface area contributed by atoms with Crippen LogP contribution in [0.1, 0.15) is 25.2 Å². The van der Waals surface area contributed by atoms with Gasteiger partial charge >= 0.3 is 33.3 Å². The summed E-state index contributed by atoms with van der Waals surface area (Å²) in [5, 5.41) is 4.70. The molecule has 7 rings (SSSR count). The van der Waals surface area contributed by atoms with E-state index in [1.165, 1.54) is 0 Å². The molecule has 0 atom stereocenters. The third-order valence-corrected chi connectivity index (χ3v) is 15.0. The van der Waals surface area contributed by atoms with Gasteiger partial charge in [-0.05, 0) is 62.4 Å². The van der Waals surface area contributed by atoms with E-state index in [1.54, 1.807) is 0 Å². The summed E-state index contributed by atoms with van der Waals surface area (Å²) in [6.07, 6.45) is 0. The van der Waals surface area contributed by atoms with E-state index in [-0.39, 0.29) is 13.1 Å². The molecule has 0 unspecified atom stereocenters. The molecule has 0 radical (unpaired) electrons. The fourth-order valence-corrected chi connectivity index (χ4v) is 11.5. The molecule has 0 fully saturated rings. The summed E-state index contributed by atoms with van der Waals surface area (Å²) in [7, 11) is 3.42. The molecule has 1 heterocycles. The van der Waals surface area contributed by atoms with Gasteiger partial charge in [0.25, 0.3) is 0 Å². The molecule has 0 saturated heterocycles. The standard InChI is InChI=1S/C44H36N3O2P2.2ClH.Fe/c1-33(45-35-23-27-41(28-24-35)50(48,37-15-7-3-8-16-37)38-17-9-4-10-18-38)43-31-32-44(47-43)34(2)46-36-25-29-42(30-26-36)51(49,39-19-11-5-12-20-39)40-21-13-6-14-22-40;;;/h3-32H,1-2H3;2*1H;/q-1;;;+3/p-2. The number of nitrogens with zero attached hydrogens (tertiary/aromatic N) is 3. The van der Waals surface area contributed by atoms with Crippen LogP contribution in [0.15, 0.2) is 192 Å².